The van der Waals surface area contributed by atoms with Gasteiger partial charge in [0.05, 0.1) is 16.7 Å². The van der Waals surface area contributed by atoms with Gasteiger partial charge in [-0.25, -0.2) is 4.98 Å². The van der Waals surface area contributed by atoms with Crippen LogP contribution < -0.4 is 0 Å². The molecular weight excluding hydrogens is 166 g/mol. The lowest BCUT2D eigenvalue weighted by atomic mass is 10.3. The molecule has 0 aliphatic rings. The molecule has 0 unspecified atom stereocenters. The molecule has 1 N–H and O–H groups in total. The lowest BCUT2D eigenvalue weighted by Crippen LogP contribution is -1.95. The van der Waals surface area contributed by atoms with Crippen LogP contribution in [0.5, 0.6) is 0 Å². The van der Waals surface area contributed by atoms with Crippen LogP contribution in [0.3, 0.4) is 0 Å². The normalized spacial score (nSPS) is 9.75. The number of H-pyrrole nitrogens is 1. The van der Waals surface area contributed by atoms with Crippen LogP contribution in [-0.2, 0) is 0 Å². The number of nitrogens with one attached hydrogen (secondary N) is 1. The van der Waals surface area contributed by atoms with Crippen LogP contribution in [-0.4, -0.2) is 14.8 Å². The molecule has 0 atom stereocenters. The van der Waals surface area contributed by atoms with Crippen LogP contribution >= 0.6 is 0 Å². The van der Waals surface area contributed by atoms with Crippen molar-refractivity contribution in [2.45, 2.75) is 6.92 Å². The minimum atomic E-state index is -0.814. The summed E-state index contributed by atoms with van der Waals surface area (Å²) in [5.41, 5.74) is -0.216. The van der Waals surface area contributed by atoms with Gasteiger partial charge in [0, 0.05) is 0 Å². The molecule has 0 saturated carbocycles. The van der Waals surface area contributed by atoms with Gasteiger partial charge in [0.15, 0.2) is 0 Å². The average Bonchev–Trinajstić information content (AvgIpc) is 2.30. The van der Waals surface area contributed by atoms with E-state index in [0.717, 1.165) is 0 Å². The maximum atomic E-state index is 10.3. The molecule has 1 aromatic heterocycles. The Morgan fingerprint density at radius 3 is 2.25 bits per heavy atom. The van der Waals surface area contributed by atoms with E-state index >= 15 is 0 Å². The van der Waals surface area contributed by atoms with Crippen molar-refractivity contribution in [3.63, 3.8) is 0 Å². The molecule has 1 heterocycles. The lowest BCUT2D eigenvalue weighted by Gasteiger charge is -1.90. The fraction of sp³-hybridized carbons (Fsp3) is 0.200. The predicted molar refractivity (Wildman–Crippen MR) is 38.8 cm³/mol. The van der Waals surface area contributed by atoms with E-state index in [0.29, 0.717) is 0 Å². The second kappa shape index (κ2) is 2.61. The van der Waals surface area contributed by atoms with E-state index < -0.39 is 21.4 Å². The first kappa shape index (κ1) is 8.18. The Kier molecular flexibility index (Phi) is 1.78. The van der Waals surface area contributed by atoms with Crippen molar-refractivity contribution in [2.75, 3.05) is 0 Å². The summed E-state index contributed by atoms with van der Waals surface area (Å²) in [6.45, 7) is 1.43. The molecule has 1 aromatic rings. The molecular formula is C5H5N3O4. The van der Waals surface area contributed by atoms with Gasteiger partial charge in [-0.05, 0) is 11.8 Å². The van der Waals surface area contributed by atoms with Gasteiger partial charge in [-0.2, -0.15) is 0 Å². The third-order valence-corrected chi connectivity index (χ3v) is 1.39. The highest BCUT2D eigenvalue weighted by Crippen LogP contribution is 2.28. The topological polar surface area (TPSA) is 102 Å². The number of aromatic amines is 1. The first-order valence-electron chi connectivity index (χ1n) is 3.00. The second-order valence-corrected chi connectivity index (χ2v) is 2.18. The van der Waals surface area contributed by atoms with E-state index in [1.807, 2.05) is 0 Å². The van der Waals surface area contributed by atoms with Gasteiger partial charge >= 0.3 is 11.5 Å². The Balaban J connectivity index is 3.31. The maximum Gasteiger partial charge on any atom is 0.399 e. The Hall–Kier alpha value is -1.92. The molecule has 0 amide bonds. The minimum Gasteiger partial charge on any atom is -0.358 e. The van der Waals surface area contributed by atoms with Crippen LogP contribution in [0.15, 0.2) is 6.20 Å². The fourth-order valence-electron chi connectivity index (χ4n) is 0.870. The van der Waals surface area contributed by atoms with E-state index in [2.05, 4.69) is 4.98 Å². The van der Waals surface area contributed by atoms with Gasteiger partial charge in [-0.1, -0.05) is 0 Å². The number of nitro groups is 2. The summed E-state index contributed by atoms with van der Waals surface area (Å²) in [4.78, 5) is 21.1. The van der Waals surface area contributed by atoms with Crippen molar-refractivity contribution in [3.8, 4) is 0 Å². The van der Waals surface area contributed by atoms with E-state index in [4.69, 9.17) is 0 Å². The highest BCUT2D eigenvalue weighted by molar-refractivity contribution is 5.53. The quantitative estimate of drug-likeness (QED) is 0.532. The molecule has 7 heteroatoms. The van der Waals surface area contributed by atoms with Crippen molar-refractivity contribution in [1.82, 2.24) is 4.98 Å². The summed E-state index contributed by atoms with van der Waals surface area (Å²) in [6.07, 6.45) is 1.23. The molecule has 64 valence electrons. The zero-order chi connectivity index (χ0) is 9.30. The van der Waals surface area contributed by atoms with Gasteiger partial charge in [0.25, 0.3) is 0 Å². The monoisotopic (exact) mass is 171 g/mol. The van der Waals surface area contributed by atoms with Crippen LogP contribution in [0, 0.1) is 27.2 Å². The highest BCUT2D eigenvalue weighted by atomic mass is 16.6. The van der Waals surface area contributed by atoms with Crippen molar-refractivity contribution in [3.05, 3.63) is 32.0 Å². The number of nitrogens with zero attached hydrogens (tertiary/aromatic N) is 2. The van der Waals surface area contributed by atoms with Gasteiger partial charge in [0.2, 0.25) is 0 Å². The summed E-state index contributed by atoms with van der Waals surface area (Å²) < 4.78 is 0. The van der Waals surface area contributed by atoms with Crippen molar-refractivity contribution in [1.29, 1.82) is 0 Å². The average molecular weight is 171 g/mol. The maximum absolute atomic E-state index is 10.3. The molecule has 0 aliphatic carbocycles. The first-order chi connectivity index (χ1) is 5.54. The van der Waals surface area contributed by atoms with E-state index in [-0.39, 0.29) is 5.56 Å². The zero-order valence-electron chi connectivity index (χ0n) is 6.10. The zero-order valence-corrected chi connectivity index (χ0v) is 6.10. The van der Waals surface area contributed by atoms with Gasteiger partial charge in [0.1, 0.15) is 0 Å². The first-order valence-corrected chi connectivity index (χ1v) is 3.00. The number of rotatable bonds is 2. The van der Waals surface area contributed by atoms with Crippen molar-refractivity contribution >= 4 is 11.5 Å². The van der Waals surface area contributed by atoms with Gasteiger partial charge < -0.3 is 10.1 Å². The van der Waals surface area contributed by atoms with Gasteiger partial charge in [-0.15, -0.1) is 0 Å². The van der Waals surface area contributed by atoms with Gasteiger partial charge in [-0.3, -0.25) is 10.1 Å². The van der Waals surface area contributed by atoms with Crippen LogP contribution in [0.25, 0.3) is 0 Å². The number of hydrogen-bond donors (Lipinski definition) is 1. The molecule has 1 rings (SSSR count). The summed E-state index contributed by atoms with van der Waals surface area (Å²) in [5.74, 6) is -0.572. The number of aromatic nitrogens is 1. The Labute approximate surface area is 66.3 Å². The minimum absolute atomic E-state index is 0.256. The van der Waals surface area contributed by atoms with Crippen molar-refractivity contribution < 1.29 is 9.85 Å². The molecule has 12 heavy (non-hydrogen) atoms. The highest BCUT2D eigenvalue weighted by Gasteiger charge is 2.27. The van der Waals surface area contributed by atoms with Crippen LogP contribution in [0.1, 0.15) is 5.56 Å². The Morgan fingerprint density at radius 1 is 1.33 bits per heavy atom. The Bertz CT molecular complexity index is 342. The second-order valence-electron chi connectivity index (χ2n) is 2.18. The molecule has 0 aliphatic heterocycles. The van der Waals surface area contributed by atoms with E-state index in [1.165, 1.54) is 13.1 Å². The number of hydrogen-bond acceptors (Lipinski definition) is 4. The summed E-state index contributed by atoms with van der Waals surface area (Å²) in [5, 5.41) is 20.5. The summed E-state index contributed by atoms with van der Waals surface area (Å²) in [7, 11) is 0. The van der Waals surface area contributed by atoms with Crippen LogP contribution in [0.2, 0.25) is 0 Å². The molecule has 0 bridgehead atoms. The third-order valence-electron chi connectivity index (χ3n) is 1.39. The third kappa shape index (κ3) is 1.11. The summed E-state index contributed by atoms with van der Waals surface area (Å²) in [6, 6.07) is 0. The molecule has 0 saturated heterocycles. The lowest BCUT2D eigenvalue weighted by molar-refractivity contribution is -0.424. The smallest absolute Gasteiger partial charge is 0.358 e. The van der Waals surface area contributed by atoms with E-state index in [9.17, 15) is 20.2 Å². The molecule has 0 spiro atoms. The van der Waals surface area contributed by atoms with Crippen LogP contribution in [0.4, 0.5) is 11.5 Å². The Morgan fingerprint density at radius 2 is 1.92 bits per heavy atom. The summed E-state index contributed by atoms with van der Waals surface area (Å²) >= 11 is 0. The largest absolute Gasteiger partial charge is 0.399 e. The standard InChI is InChI=1S/C5H5N3O4/c1-3-2-6-5(8(11)12)4(3)7(9)10/h2,6H,1H3. The molecule has 7 nitrogen and oxygen atoms in total. The molecule has 0 radical (unpaired) electrons. The molecule has 0 fully saturated rings. The van der Waals surface area contributed by atoms with E-state index in [1.54, 1.807) is 0 Å². The van der Waals surface area contributed by atoms with Crippen molar-refractivity contribution in [2.24, 2.45) is 0 Å². The SMILES string of the molecule is Cc1c[nH]c([N+](=O)[O-])c1[N+](=O)[O-]. The molecule has 0 aromatic carbocycles. The predicted octanol–water partition coefficient (Wildman–Crippen LogP) is 1.14. The number of aryl methyl sites for hydroxylation is 1. The fourth-order valence-corrected chi connectivity index (χ4v) is 0.870.